The van der Waals surface area contributed by atoms with Gasteiger partial charge in [0.25, 0.3) is 5.56 Å². The third-order valence-corrected chi connectivity index (χ3v) is 2.61. The molecule has 0 radical (unpaired) electrons. The molecule has 1 amide bonds. The summed E-state index contributed by atoms with van der Waals surface area (Å²) in [6, 6.07) is 12.0. The summed E-state index contributed by atoms with van der Waals surface area (Å²) >= 11 is 0. The highest BCUT2D eigenvalue weighted by Gasteiger charge is 2.03. The van der Waals surface area contributed by atoms with Crippen molar-refractivity contribution < 1.29 is 4.79 Å². The number of nitriles is 1. The number of H-pyrrole nitrogens is 1. The molecule has 0 atom stereocenters. The molecule has 0 aliphatic rings. The van der Waals surface area contributed by atoms with Gasteiger partial charge in [-0.1, -0.05) is 12.1 Å². The number of rotatable bonds is 4. The van der Waals surface area contributed by atoms with E-state index in [-0.39, 0.29) is 24.3 Å². The summed E-state index contributed by atoms with van der Waals surface area (Å²) in [5, 5.41) is 17.4. The largest absolute Gasteiger partial charge is 0.326 e. The Labute approximate surface area is 115 Å². The molecule has 2 rings (SSSR count). The maximum absolute atomic E-state index is 11.4. The third-order valence-electron chi connectivity index (χ3n) is 2.61. The van der Waals surface area contributed by atoms with Gasteiger partial charge in [-0.25, -0.2) is 5.10 Å². The van der Waals surface area contributed by atoms with Gasteiger partial charge >= 0.3 is 0 Å². The fourth-order valence-electron chi connectivity index (χ4n) is 1.62. The van der Waals surface area contributed by atoms with Crippen molar-refractivity contribution in [2.24, 2.45) is 0 Å². The SMILES string of the molecule is N#CCCC(=O)Nc1ccc(-c2ccc(=O)[nH]n2)cc1. The second kappa shape index (κ2) is 6.29. The minimum Gasteiger partial charge on any atom is -0.326 e. The molecule has 0 saturated heterocycles. The predicted octanol–water partition coefficient (Wildman–Crippen LogP) is 1.68. The van der Waals surface area contributed by atoms with Gasteiger partial charge in [0, 0.05) is 30.2 Å². The smallest absolute Gasteiger partial charge is 0.264 e. The molecule has 2 N–H and O–H groups in total. The van der Waals surface area contributed by atoms with Crippen LogP contribution in [0.5, 0.6) is 0 Å². The lowest BCUT2D eigenvalue weighted by Crippen LogP contribution is -2.10. The van der Waals surface area contributed by atoms with E-state index in [1.54, 1.807) is 30.3 Å². The number of hydrogen-bond acceptors (Lipinski definition) is 4. The van der Waals surface area contributed by atoms with Gasteiger partial charge in [0.1, 0.15) is 0 Å². The van der Waals surface area contributed by atoms with Crippen LogP contribution >= 0.6 is 0 Å². The fraction of sp³-hybridized carbons (Fsp3) is 0.143. The molecule has 0 spiro atoms. The molecule has 1 aromatic heterocycles. The van der Waals surface area contributed by atoms with Crippen molar-refractivity contribution in [2.45, 2.75) is 12.8 Å². The first-order valence-corrected chi connectivity index (χ1v) is 6.02. The van der Waals surface area contributed by atoms with Gasteiger partial charge < -0.3 is 5.32 Å². The molecular formula is C14H12N4O2. The van der Waals surface area contributed by atoms with Gasteiger partial charge in [0.15, 0.2) is 0 Å². The second-order valence-corrected chi connectivity index (χ2v) is 4.09. The zero-order valence-electron chi connectivity index (χ0n) is 10.6. The molecule has 6 heteroatoms. The Bertz CT molecular complexity index is 678. The Hall–Kier alpha value is -2.94. The van der Waals surface area contributed by atoms with Crippen molar-refractivity contribution >= 4 is 11.6 Å². The van der Waals surface area contributed by atoms with Gasteiger partial charge in [-0.05, 0) is 18.2 Å². The van der Waals surface area contributed by atoms with Crippen molar-refractivity contribution in [2.75, 3.05) is 5.32 Å². The summed E-state index contributed by atoms with van der Waals surface area (Å²) in [7, 11) is 0. The van der Waals surface area contributed by atoms with Gasteiger partial charge in [-0.2, -0.15) is 10.4 Å². The van der Waals surface area contributed by atoms with Gasteiger partial charge in [-0.3, -0.25) is 9.59 Å². The molecule has 1 aromatic carbocycles. The zero-order chi connectivity index (χ0) is 14.4. The molecule has 100 valence electrons. The summed E-state index contributed by atoms with van der Waals surface area (Å²) in [5.74, 6) is -0.193. The predicted molar refractivity (Wildman–Crippen MR) is 73.8 cm³/mol. The summed E-state index contributed by atoms with van der Waals surface area (Å²) in [5.41, 5.74) is 1.87. The molecular weight excluding hydrogens is 256 g/mol. The Balaban J connectivity index is 2.07. The minimum atomic E-state index is -0.255. The number of carbonyl (C=O) groups excluding carboxylic acids is 1. The Morgan fingerprint density at radius 2 is 2.00 bits per heavy atom. The number of benzene rings is 1. The average molecular weight is 268 g/mol. The molecule has 6 nitrogen and oxygen atoms in total. The van der Waals surface area contributed by atoms with Crippen molar-refractivity contribution in [1.82, 2.24) is 10.2 Å². The Kier molecular flexibility index (Phi) is 4.24. The van der Waals surface area contributed by atoms with E-state index in [1.165, 1.54) is 6.07 Å². The van der Waals surface area contributed by atoms with E-state index in [1.807, 2.05) is 6.07 Å². The van der Waals surface area contributed by atoms with E-state index >= 15 is 0 Å². The summed E-state index contributed by atoms with van der Waals surface area (Å²) < 4.78 is 0. The average Bonchev–Trinajstić information content (AvgIpc) is 2.47. The van der Waals surface area contributed by atoms with Crippen LogP contribution in [0.2, 0.25) is 0 Å². The molecule has 0 bridgehead atoms. The minimum absolute atomic E-state index is 0.180. The first-order chi connectivity index (χ1) is 9.69. The fourth-order valence-corrected chi connectivity index (χ4v) is 1.62. The quantitative estimate of drug-likeness (QED) is 0.881. The molecule has 0 unspecified atom stereocenters. The number of nitrogens with zero attached hydrogens (tertiary/aromatic N) is 2. The molecule has 0 aliphatic heterocycles. The summed E-state index contributed by atoms with van der Waals surface area (Å²) in [6.45, 7) is 0. The van der Waals surface area contributed by atoms with Crippen LogP contribution in [0.3, 0.4) is 0 Å². The lowest BCUT2D eigenvalue weighted by Gasteiger charge is -2.05. The zero-order valence-corrected chi connectivity index (χ0v) is 10.6. The molecule has 2 aromatic rings. The summed E-state index contributed by atoms with van der Waals surface area (Å²) in [6.07, 6.45) is 0.380. The van der Waals surface area contributed by atoms with Crippen LogP contribution < -0.4 is 10.9 Å². The highest BCUT2D eigenvalue weighted by molar-refractivity contribution is 5.91. The Morgan fingerprint density at radius 1 is 1.25 bits per heavy atom. The number of anilines is 1. The molecule has 0 aliphatic carbocycles. The van der Waals surface area contributed by atoms with Crippen LogP contribution in [0, 0.1) is 11.3 Å². The van der Waals surface area contributed by atoms with E-state index < -0.39 is 0 Å². The van der Waals surface area contributed by atoms with E-state index in [2.05, 4.69) is 15.5 Å². The van der Waals surface area contributed by atoms with Gasteiger partial charge in [-0.15, -0.1) is 0 Å². The van der Waals surface area contributed by atoms with Crippen LogP contribution in [-0.2, 0) is 4.79 Å². The van der Waals surface area contributed by atoms with Crippen molar-refractivity contribution in [3.63, 3.8) is 0 Å². The van der Waals surface area contributed by atoms with E-state index in [9.17, 15) is 9.59 Å². The van der Waals surface area contributed by atoms with Crippen LogP contribution in [-0.4, -0.2) is 16.1 Å². The topological polar surface area (TPSA) is 98.6 Å². The molecule has 20 heavy (non-hydrogen) atoms. The standard InChI is InChI=1S/C14H12N4O2/c15-9-1-2-13(19)16-11-5-3-10(4-6-11)12-7-8-14(20)18-17-12/h3-8H,1-2H2,(H,16,19)(H,18,20). The highest BCUT2D eigenvalue weighted by Crippen LogP contribution is 2.18. The van der Waals surface area contributed by atoms with Gasteiger partial charge in [0.2, 0.25) is 5.91 Å². The number of hydrogen-bond donors (Lipinski definition) is 2. The van der Waals surface area contributed by atoms with E-state index in [0.29, 0.717) is 11.4 Å². The normalized spacial score (nSPS) is 9.75. The maximum Gasteiger partial charge on any atom is 0.264 e. The number of nitrogens with one attached hydrogen (secondary N) is 2. The Morgan fingerprint density at radius 3 is 2.60 bits per heavy atom. The number of aromatic amines is 1. The third kappa shape index (κ3) is 3.53. The number of carbonyl (C=O) groups is 1. The van der Waals surface area contributed by atoms with Crippen LogP contribution in [0.15, 0.2) is 41.2 Å². The highest BCUT2D eigenvalue weighted by atomic mass is 16.1. The maximum atomic E-state index is 11.4. The van der Waals surface area contributed by atoms with Crippen molar-refractivity contribution in [1.29, 1.82) is 5.26 Å². The van der Waals surface area contributed by atoms with Crippen LogP contribution in [0.25, 0.3) is 11.3 Å². The first kappa shape index (κ1) is 13.5. The van der Waals surface area contributed by atoms with E-state index in [0.717, 1.165) is 5.56 Å². The number of aromatic nitrogens is 2. The van der Waals surface area contributed by atoms with Crippen molar-refractivity contribution in [3.05, 3.63) is 46.8 Å². The number of amides is 1. The molecule has 0 fully saturated rings. The molecule has 1 heterocycles. The summed E-state index contributed by atoms with van der Waals surface area (Å²) in [4.78, 5) is 22.4. The van der Waals surface area contributed by atoms with Crippen molar-refractivity contribution in [3.8, 4) is 17.3 Å². The van der Waals surface area contributed by atoms with Crippen LogP contribution in [0.4, 0.5) is 5.69 Å². The lowest BCUT2D eigenvalue weighted by molar-refractivity contribution is -0.116. The second-order valence-electron chi connectivity index (χ2n) is 4.09. The lowest BCUT2D eigenvalue weighted by atomic mass is 10.1. The van der Waals surface area contributed by atoms with E-state index in [4.69, 9.17) is 5.26 Å². The van der Waals surface area contributed by atoms with Crippen LogP contribution in [0.1, 0.15) is 12.8 Å². The van der Waals surface area contributed by atoms with Gasteiger partial charge in [0.05, 0.1) is 11.8 Å². The first-order valence-electron chi connectivity index (χ1n) is 6.02. The molecule has 0 saturated carbocycles. The monoisotopic (exact) mass is 268 g/mol.